The van der Waals surface area contributed by atoms with Gasteiger partial charge in [-0.05, 0) is 13.3 Å². The van der Waals surface area contributed by atoms with Gasteiger partial charge in [0.25, 0.3) is 0 Å². The maximum atomic E-state index is 11.7. The summed E-state index contributed by atoms with van der Waals surface area (Å²) in [6.07, 6.45) is 4.13. The minimum atomic E-state index is -0.459. The van der Waals surface area contributed by atoms with Crippen LogP contribution in [-0.4, -0.2) is 20.9 Å². The Morgan fingerprint density at radius 2 is 2.44 bits per heavy atom. The molecule has 2 unspecified atom stereocenters. The Labute approximate surface area is 99.8 Å². The fourth-order valence-electron chi connectivity index (χ4n) is 1.26. The SMILES string of the molecule is CCC(NC(=O)C(C)C(N)=S)c1ncc[nH]1. The van der Waals surface area contributed by atoms with E-state index < -0.39 is 5.92 Å². The maximum absolute atomic E-state index is 11.7. The average Bonchev–Trinajstić information content (AvgIpc) is 2.77. The molecule has 1 aromatic heterocycles. The average molecular weight is 240 g/mol. The molecule has 2 atom stereocenters. The number of aromatic nitrogens is 2. The van der Waals surface area contributed by atoms with E-state index in [4.69, 9.17) is 18.0 Å². The molecule has 16 heavy (non-hydrogen) atoms. The van der Waals surface area contributed by atoms with Gasteiger partial charge in [-0.2, -0.15) is 0 Å². The van der Waals surface area contributed by atoms with Gasteiger partial charge < -0.3 is 16.0 Å². The van der Waals surface area contributed by atoms with E-state index in [0.29, 0.717) is 0 Å². The molecule has 0 saturated heterocycles. The van der Waals surface area contributed by atoms with Crippen molar-refractivity contribution in [1.29, 1.82) is 0 Å². The zero-order chi connectivity index (χ0) is 12.1. The Morgan fingerprint density at radius 1 is 1.75 bits per heavy atom. The first-order valence-corrected chi connectivity index (χ1v) is 5.56. The molecule has 0 bridgehead atoms. The number of nitrogens with two attached hydrogens (primary N) is 1. The van der Waals surface area contributed by atoms with Crippen LogP contribution in [0.3, 0.4) is 0 Å². The first-order chi connectivity index (χ1) is 7.56. The topological polar surface area (TPSA) is 83.8 Å². The van der Waals surface area contributed by atoms with E-state index >= 15 is 0 Å². The van der Waals surface area contributed by atoms with E-state index in [-0.39, 0.29) is 16.9 Å². The summed E-state index contributed by atoms with van der Waals surface area (Å²) in [5.74, 6) is 0.112. The lowest BCUT2D eigenvalue weighted by Gasteiger charge is -2.17. The van der Waals surface area contributed by atoms with E-state index in [2.05, 4.69) is 15.3 Å². The van der Waals surface area contributed by atoms with Crippen LogP contribution in [0.1, 0.15) is 32.1 Å². The van der Waals surface area contributed by atoms with Gasteiger partial charge in [0, 0.05) is 12.4 Å². The lowest BCUT2D eigenvalue weighted by atomic mass is 10.1. The van der Waals surface area contributed by atoms with Gasteiger partial charge in [-0.3, -0.25) is 4.79 Å². The van der Waals surface area contributed by atoms with Crippen molar-refractivity contribution in [3.05, 3.63) is 18.2 Å². The summed E-state index contributed by atoms with van der Waals surface area (Å²) < 4.78 is 0. The molecular weight excluding hydrogens is 224 g/mol. The number of nitrogens with one attached hydrogen (secondary N) is 2. The molecule has 0 radical (unpaired) electrons. The standard InChI is InChI=1S/C10H16N4OS/c1-3-7(9-12-4-5-13-9)14-10(15)6(2)8(11)16/h4-7H,3H2,1-2H3,(H2,11,16)(H,12,13)(H,14,15). The van der Waals surface area contributed by atoms with Gasteiger partial charge in [0.1, 0.15) is 5.82 Å². The van der Waals surface area contributed by atoms with Gasteiger partial charge >= 0.3 is 0 Å². The molecule has 88 valence electrons. The smallest absolute Gasteiger partial charge is 0.230 e. The van der Waals surface area contributed by atoms with Crippen LogP contribution in [0.15, 0.2) is 12.4 Å². The van der Waals surface area contributed by atoms with E-state index in [9.17, 15) is 4.79 Å². The molecule has 0 spiro atoms. The lowest BCUT2D eigenvalue weighted by Crippen LogP contribution is -2.38. The number of H-pyrrole nitrogens is 1. The zero-order valence-electron chi connectivity index (χ0n) is 9.36. The molecule has 1 heterocycles. The van der Waals surface area contributed by atoms with E-state index in [1.54, 1.807) is 19.3 Å². The Hall–Kier alpha value is -1.43. The summed E-state index contributed by atoms with van der Waals surface area (Å²) in [5.41, 5.74) is 5.42. The highest BCUT2D eigenvalue weighted by Crippen LogP contribution is 2.12. The number of carbonyl (C=O) groups excluding carboxylic acids is 1. The van der Waals surface area contributed by atoms with Crippen molar-refractivity contribution in [2.45, 2.75) is 26.3 Å². The highest BCUT2D eigenvalue weighted by atomic mass is 32.1. The molecule has 0 aliphatic rings. The van der Waals surface area contributed by atoms with Gasteiger partial charge in [-0.15, -0.1) is 0 Å². The van der Waals surface area contributed by atoms with Gasteiger partial charge in [0.2, 0.25) is 5.91 Å². The molecule has 5 nitrogen and oxygen atoms in total. The number of amides is 1. The number of thiocarbonyl (C=S) groups is 1. The normalized spacial score (nSPS) is 14.1. The summed E-state index contributed by atoms with van der Waals surface area (Å²) in [6.45, 7) is 3.66. The van der Waals surface area contributed by atoms with Crippen molar-refractivity contribution in [3.63, 3.8) is 0 Å². The monoisotopic (exact) mass is 240 g/mol. The van der Waals surface area contributed by atoms with Crippen LogP contribution in [0.25, 0.3) is 0 Å². The summed E-state index contributed by atoms with van der Waals surface area (Å²) in [4.78, 5) is 19.0. The van der Waals surface area contributed by atoms with Crippen molar-refractivity contribution in [1.82, 2.24) is 15.3 Å². The Balaban J connectivity index is 2.64. The van der Waals surface area contributed by atoms with E-state index in [1.165, 1.54) is 0 Å². The molecule has 1 amide bonds. The van der Waals surface area contributed by atoms with Crippen LogP contribution in [0, 0.1) is 5.92 Å². The highest BCUT2D eigenvalue weighted by Gasteiger charge is 2.20. The number of carbonyl (C=O) groups is 1. The van der Waals surface area contributed by atoms with E-state index in [1.807, 2.05) is 6.92 Å². The number of hydrogen-bond acceptors (Lipinski definition) is 3. The summed E-state index contributed by atoms with van der Waals surface area (Å²) in [5, 5.41) is 2.85. The number of aromatic amines is 1. The molecule has 4 N–H and O–H groups in total. The van der Waals surface area contributed by atoms with Crippen molar-refractivity contribution in [2.24, 2.45) is 11.7 Å². The predicted molar refractivity (Wildman–Crippen MR) is 65.7 cm³/mol. The van der Waals surface area contributed by atoms with Crippen molar-refractivity contribution in [2.75, 3.05) is 0 Å². The third-order valence-corrected chi connectivity index (χ3v) is 2.75. The molecule has 0 aliphatic carbocycles. The fraction of sp³-hybridized carbons (Fsp3) is 0.500. The number of rotatable bonds is 5. The van der Waals surface area contributed by atoms with Gasteiger partial charge in [0.15, 0.2) is 0 Å². The second kappa shape index (κ2) is 5.60. The van der Waals surface area contributed by atoms with Crippen LogP contribution in [-0.2, 0) is 4.79 Å². The number of imidazole rings is 1. The fourth-order valence-corrected chi connectivity index (χ4v) is 1.36. The van der Waals surface area contributed by atoms with Crippen LogP contribution in [0.4, 0.5) is 0 Å². The van der Waals surface area contributed by atoms with Crippen LogP contribution in [0.2, 0.25) is 0 Å². The summed E-state index contributed by atoms with van der Waals surface area (Å²) in [7, 11) is 0. The number of hydrogen-bond donors (Lipinski definition) is 3. The third-order valence-electron chi connectivity index (χ3n) is 2.39. The van der Waals surface area contributed by atoms with Crippen molar-refractivity contribution >= 4 is 23.1 Å². The van der Waals surface area contributed by atoms with Crippen LogP contribution < -0.4 is 11.1 Å². The first kappa shape index (κ1) is 12.6. The quantitative estimate of drug-likeness (QED) is 0.668. The van der Waals surface area contributed by atoms with Gasteiger partial charge in [0.05, 0.1) is 16.9 Å². The van der Waals surface area contributed by atoms with Crippen molar-refractivity contribution in [3.8, 4) is 0 Å². The summed E-state index contributed by atoms with van der Waals surface area (Å²) in [6, 6.07) is -0.126. The largest absolute Gasteiger partial charge is 0.393 e. The minimum Gasteiger partial charge on any atom is -0.393 e. The Morgan fingerprint density at radius 3 is 2.88 bits per heavy atom. The molecular formula is C10H16N4OS. The predicted octanol–water partition coefficient (Wildman–Crippen LogP) is 0.899. The Kier molecular flexibility index (Phi) is 4.42. The molecule has 1 rings (SSSR count). The highest BCUT2D eigenvalue weighted by molar-refractivity contribution is 7.80. The molecule has 0 aromatic carbocycles. The molecule has 0 fully saturated rings. The zero-order valence-corrected chi connectivity index (χ0v) is 10.2. The van der Waals surface area contributed by atoms with Gasteiger partial charge in [-0.1, -0.05) is 19.1 Å². The molecule has 1 aromatic rings. The Bertz CT molecular complexity index is 363. The van der Waals surface area contributed by atoms with Crippen molar-refractivity contribution < 1.29 is 4.79 Å². The van der Waals surface area contributed by atoms with Crippen LogP contribution >= 0.6 is 12.2 Å². The maximum Gasteiger partial charge on any atom is 0.230 e. The number of nitrogens with zero attached hydrogens (tertiary/aromatic N) is 1. The lowest BCUT2D eigenvalue weighted by molar-refractivity contribution is -0.123. The molecule has 0 saturated carbocycles. The van der Waals surface area contributed by atoms with E-state index in [0.717, 1.165) is 12.2 Å². The molecule has 6 heteroatoms. The molecule has 0 aliphatic heterocycles. The van der Waals surface area contributed by atoms with Gasteiger partial charge in [-0.25, -0.2) is 4.98 Å². The first-order valence-electron chi connectivity index (χ1n) is 5.15. The second-order valence-electron chi connectivity index (χ2n) is 3.57. The third kappa shape index (κ3) is 3.03. The van der Waals surface area contributed by atoms with Crippen LogP contribution in [0.5, 0.6) is 0 Å². The summed E-state index contributed by atoms with van der Waals surface area (Å²) >= 11 is 4.78. The second-order valence-corrected chi connectivity index (χ2v) is 4.04. The minimum absolute atomic E-state index is 0.126.